The molecule has 0 fully saturated rings. The second-order valence-electron chi connectivity index (χ2n) is 4.82. The maximum atomic E-state index is 11.5. The molecule has 0 aliphatic rings. The van der Waals surface area contributed by atoms with Gasteiger partial charge in [0.1, 0.15) is 0 Å². The minimum absolute atomic E-state index is 0.0834. The van der Waals surface area contributed by atoms with Gasteiger partial charge < -0.3 is 5.32 Å². The van der Waals surface area contributed by atoms with Crippen LogP contribution in [0.1, 0.15) is 38.8 Å². The number of carbonyl (C=O) groups excluding carboxylic acids is 2. The lowest BCUT2D eigenvalue weighted by Gasteiger charge is -2.07. The first-order valence-corrected chi connectivity index (χ1v) is 6.68. The van der Waals surface area contributed by atoms with Gasteiger partial charge in [-0.05, 0) is 38.3 Å². The number of nitrogens with one attached hydrogen (secondary N) is 2. The third kappa shape index (κ3) is 4.84. The largest absolute Gasteiger partial charge is 0.346 e. The van der Waals surface area contributed by atoms with Crippen LogP contribution in [0.2, 0.25) is 0 Å². The van der Waals surface area contributed by atoms with Gasteiger partial charge >= 0.3 is 11.8 Å². The van der Waals surface area contributed by atoms with E-state index in [2.05, 4.69) is 22.8 Å². The van der Waals surface area contributed by atoms with E-state index in [1.54, 1.807) is 20.8 Å². The minimum atomic E-state index is -0.761. The first-order chi connectivity index (χ1) is 9.43. The lowest BCUT2D eigenvalue weighted by atomic mass is 10.1. The molecular weight excluding hydrogens is 254 g/mol. The molecule has 5 nitrogen and oxygen atoms in total. The number of hydrazone groups is 1. The zero-order chi connectivity index (χ0) is 15.1. The Morgan fingerprint density at radius 2 is 1.75 bits per heavy atom. The Bertz CT molecular complexity index is 504. The van der Waals surface area contributed by atoms with Gasteiger partial charge in [0.2, 0.25) is 0 Å². The Morgan fingerprint density at radius 1 is 1.15 bits per heavy atom. The number of amides is 2. The SMILES string of the molecule is CCc1ccc(/C(C)=N\NC(=O)C(=O)NC(C)C)cc1. The Balaban J connectivity index is 2.64. The predicted octanol–water partition coefficient (Wildman–Crippen LogP) is 1.61. The molecule has 5 heteroatoms. The molecule has 20 heavy (non-hydrogen) atoms. The van der Waals surface area contributed by atoms with Crippen LogP contribution in [-0.4, -0.2) is 23.6 Å². The molecule has 108 valence electrons. The smallest absolute Gasteiger partial charge is 0.329 e. The molecule has 2 N–H and O–H groups in total. The molecule has 0 unspecified atom stereocenters. The summed E-state index contributed by atoms with van der Waals surface area (Å²) < 4.78 is 0. The highest BCUT2D eigenvalue weighted by Crippen LogP contribution is 2.06. The summed E-state index contributed by atoms with van der Waals surface area (Å²) in [5.41, 5.74) is 5.05. The molecule has 0 heterocycles. The van der Waals surface area contributed by atoms with Gasteiger partial charge in [-0.1, -0.05) is 31.2 Å². The second-order valence-corrected chi connectivity index (χ2v) is 4.82. The number of hydrogen-bond acceptors (Lipinski definition) is 3. The van der Waals surface area contributed by atoms with Crippen molar-refractivity contribution < 1.29 is 9.59 Å². The van der Waals surface area contributed by atoms with E-state index < -0.39 is 11.8 Å². The van der Waals surface area contributed by atoms with Crippen molar-refractivity contribution in [3.63, 3.8) is 0 Å². The van der Waals surface area contributed by atoms with E-state index in [4.69, 9.17) is 0 Å². The van der Waals surface area contributed by atoms with Crippen molar-refractivity contribution in [1.29, 1.82) is 0 Å². The summed E-state index contributed by atoms with van der Waals surface area (Å²) >= 11 is 0. The zero-order valence-electron chi connectivity index (χ0n) is 12.4. The molecule has 1 rings (SSSR count). The summed E-state index contributed by atoms with van der Waals surface area (Å²) in [6, 6.07) is 7.83. The number of benzene rings is 1. The van der Waals surface area contributed by atoms with Gasteiger partial charge in [-0.25, -0.2) is 5.43 Å². The highest BCUT2D eigenvalue weighted by atomic mass is 16.2. The lowest BCUT2D eigenvalue weighted by molar-refractivity contribution is -0.139. The first-order valence-electron chi connectivity index (χ1n) is 6.68. The van der Waals surface area contributed by atoms with E-state index in [1.165, 1.54) is 5.56 Å². The van der Waals surface area contributed by atoms with E-state index >= 15 is 0 Å². The van der Waals surface area contributed by atoms with Crippen LogP contribution in [-0.2, 0) is 16.0 Å². The highest BCUT2D eigenvalue weighted by Gasteiger charge is 2.13. The van der Waals surface area contributed by atoms with Crippen LogP contribution < -0.4 is 10.7 Å². The summed E-state index contributed by atoms with van der Waals surface area (Å²) in [6.07, 6.45) is 0.975. The normalized spacial score (nSPS) is 11.3. The van der Waals surface area contributed by atoms with E-state index in [0.29, 0.717) is 5.71 Å². The monoisotopic (exact) mass is 275 g/mol. The predicted molar refractivity (Wildman–Crippen MR) is 79.5 cm³/mol. The summed E-state index contributed by atoms with van der Waals surface area (Å²) in [5.74, 6) is -1.44. The fourth-order valence-electron chi connectivity index (χ4n) is 1.56. The van der Waals surface area contributed by atoms with Crippen molar-refractivity contribution in [3.05, 3.63) is 35.4 Å². The molecule has 0 saturated heterocycles. The van der Waals surface area contributed by atoms with Gasteiger partial charge in [-0.15, -0.1) is 0 Å². The molecule has 1 aromatic carbocycles. The van der Waals surface area contributed by atoms with Crippen molar-refractivity contribution in [1.82, 2.24) is 10.7 Å². The lowest BCUT2D eigenvalue weighted by Crippen LogP contribution is -2.41. The third-order valence-corrected chi connectivity index (χ3v) is 2.73. The molecule has 0 spiro atoms. The van der Waals surface area contributed by atoms with Crippen molar-refractivity contribution in [3.8, 4) is 0 Å². The van der Waals surface area contributed by atoms with E-state index in [1.807, 2.05) is 24.3 Å². The zero-order valence-corrected chi connectivity index (χ0v) is 12.4. The molecule has 0 aromatic heterocycles. The molecule has 1 aromatic rings. The molecule has 0 aliphatic carbocycles. The molecule has 0 saturated carbocycles. The Hall–Kier alpha value is -2.17. The number of aryl methyl sites for hydroxylation is 1. The minimum Gasteiger partial charge on any atom is -0.346 e. The molecule has 2 amide bonds. The Kier molecular flexibility index (Phi) is 5.90. The fourth-order valence-corrected chi connectivity index (χ4v) is 1.56. The number of rotatable bonds is 4. The van der Waals surface area contributed by atoms with Crippen molar-refractivity contribution in [2.24, 2.45) is 5.10 Å². The molecule has 0 aliphatic heterocycles. The van der Waals surface area contributed by atoms with E-state index in [-0.39, 0.29) is 6.04 Å². The van der Waals surface area contributed by atoms with E-state index in [0.717, 1.165) is 12.0 Å². The number of carbonyl (C=O) groups is 2. The number of nitrogens with zero attached hydrogens (tertiary/aromatic N) is 1. The van der Waals surface area contributed by atoms with Gasteiger partial charge in [-0.2, -0.15) is 5.10 Å². The van der Waals surface area contributed by atoms with Crippen LogP contribution in [0.15, 0.2) is 29.4 Å². The maximum absolute atomic E-state index is 11.5. The molecule has 0 radical (unpaired) electrons. The molecule has 0 atom stereocenters. The van der Waals surface area contributed by atoms with Crippen LogP contribution in [0.25, 0.3) is 0 Å². The van der Waals surface area contributed by atoms with Gasteiger partial charge in [0.25, 0.3) is 0 Å². The molecule has 0 bridgehead atoms. The topological polar surface area (TPSA) is 70.6 Å². The van der Waals surface area contributed by atoms with Gasteiger partial charge in [0.05, 0.1) is 5.71 Å². The maximum Gasteiger partial charge on any atom is 0.329 e. The average Bonchev–Trinajstić information content (AvgIpc) is 2.43. The summed E-state index contributed by atoms with van der Waals surface area (Å²) in [4.78, 5) is 22.9. The summed E-state index contributed by atoms with van der Waals surface area (Å²) in [5, 5.41) is 6.44. The van der Waals surface area contributed by atoms with Gasteiger partial charge in [0, 0.05) is 6.04 Å². The fraction of sp³-hybridized carbons (Fsp3) is 0.400. The van der Waals surface area contributed by atoms with Crippen molar-refractivity contribution >= 4 is 17.5 Å². The van der Waals surface area contributed by atoms with Crippen molar-refractivity contribution in [2.45, 2.75) is 40.2 Å². The van der Waals surface area contributed by atoms with Gasteiger partial charge in [-0.3, -0.25) is 9.59 Å². The van der Waals surface area contributed by atoms with Crippen LogP contribution in [0.3, 0.4) is 0 Å². The van der Waals surface area contributed by atoms with E-state index in [9.17, 15) is 9.59 Å². The van der Waals surface area contributed by atoms with Crippen LogP contribution in [0.4, 0.5) is 0 Å². The Labute approximate surface area is 119 Å². The average molecular weight is 275 g/mol. The van der Waals surface area contributed by atoms with Crippen LogP contribution >= 0.6 is 0 Å². The summed E-state index contributed by atoms with van der Waals surface area (Å²) in [7, 11) is 0. The van der Waals surface area contributed by atoms with Crippen LogP contribution in [0.5, 0.6) is 0 Å². The first kappa shape index (κ1) is 15.9. The van der Waals surface area contributed by atoms with Crippen molar-refractivity contribution in [2.75, 3.05) is 0 Å². The Morgan fingerprint density at radius 3 is 2.25 bits per heavy atom. The van der Waals surface area contributed by atoms with Crippen LogP contribution in [0, 0.1) is 0 Å². The quantitative estimate of drug-likeness (QED) is 0.498. The third-order valence-electron chi connectivity index (χ3n) is 2.73. The standard InChI is InChI=1S/C15H21N3O2/c1-5-12-6-8-13(9-7-12)11(4)17-18-15(20)14(19)16-10(2)3/h6-10H,5H2,1-4H3,(H,16,19)(H,18,20)/b17-11-. The number of hydrogen-bond donors (Lipinski definition) is 2. The molecular formula is C15H21N3O2. The highest BCUT2D eigenvalue weighted by molar-refractivity contribution is 6.35. The second kappa shape index (κ2) is 7.43. The summed E-state index contributed by atoms with van der Waals surface area (Å²) in [6.45, 7) is 7.44. The van der Waals surface area contributed by atoms with Gasteiger partial charge in [0.15, 0.2) is 0 Å².